The second-order valence-corrected chi connectivity index (χ2v) is 7.98. The van der Waals surface area contributed by atoms with Crippen molar-refractivity contribution in [2.24, 2.45) is 0 Å². The fraction of sp³-hybridized carbons (Fsp3) is 0.222. The van der Waals surface area contributed by atoms with Gasteiger partial charge in [0.1, 0.15) is 6.54 Å². The van der Waals surface area contributed by atoms with Gasteiger partial charge in [-0.15, -0.1) is 0 Å². The lowest BCUT2D eigenvalue weighted by Gasteiger charge is -2.11. The molecule has 0 fully saturated rings. The highest BCUT2D eigenvalue weighted by Gasteiger charge is 2.17. The molecule has 0 bridgehead atoms. The van der Waals surface area contributed by atoms with E-state index in [1.54, 1.807) is 32.0 Å². The van der Waals surface area contributed by atoms with Crippen molar-refractivity contribution in [3.05, 3.63) is 59.1 Å². The summed E-state index contributed by atoms with van der Waals surface area (Å²) in [5.41, 5.74) is 0.398. The van der Waals surface area contributed by atoms with Crippen molar-refractivity contribution >= 4 is 39.2 Å². The first-order valence-electron chi connectivity index (χ1n) is 8.03. The molecule has 0 aliphatic carbocycles. The molecule has 144 valence electrons. The van der Waals surface area contributed by atoms with Crippen LogP contribution in [0.15, 0.2) is 53.4 Å². The van der Waals surface area contributed by atoms with Crippen LogP contribution >= 0.6 is 11.6 Å². The van der Waals surface area contributed by atoms with Crippen molar-refractivity contribution in [3.8, 4) is 0 Å². The van der Waals surface area contributed by atoms with E-state index in [4.69, 9.17) is 16.3 Å². The van der Waals surface area contributed by atoms with E-state index in [0.29, 0.717) is 10.7 Å². The molecule has 0 aromatic heterocycles. The third-order valence-corrected chi connectivity index (χ3v) is 4.86. The Balaban J connectivity index is 2.11. The second-order valence-electron chi connectivity index (χ2n) is 5.86. The molecule has 2 N–H and O–H groups in total. The topological polar surface area (TPSA) is 102 Å². The number of halogens is 1. The standard InChI is InChI=1S/C18H19ClN2O5S/c1-12(2)26-17(22)11-20-18(23)13-5-3-8-16(9-13)27(24,25)21-15-7-4-6-14(19)10-15/h3-10,12,21H,11H2,1-2H3,(H,20,23). The largest absolute Gasteiger partial charge is 0.462 e. The summed E-state index contributed by atoms with van der Waals surface area (Å²) in [5.74, 6) is -1.17. The number of esters is 1. The van der Waals surface area contributed by atoms with Gasteiger partial charge in [0.05, 0.1) is 16.7 Å². The number of carbonyl (C=O) groups excluding carboxylic acids is 2. The van der Waals surface area contributed by atoms with Crippen molar-refractivity contribution in [2.45, 2.75) is 24.8 Å². The Morgan fingerprint density at radius 1 is 1.11 bits per heavy atom. The van der Waals surface area contributed by atoms with E-state index < -0.39 is 21.9 Å². The van der Waals surface area contributed by atoms with Gasteiger partial charge in [-0.2, -0.15) is 0 Å². The smallest absolute Gasteiger partial charge is 0.325 e. The van der Waals surface area contributed by atoms with Crippen molar-refractivity contribution < 1.29 is 22.7 Å². The zero-order valence-electron chi connectivity index (χ0n) is 14.7. The van der Waals surface area contributed by atoms with Gasteiger partial charge in [-0.05, 0) is 50.2 Å². The highest BCUT2D eigenvalue weighted by molar-refractivity contribution is 7.92. The molecule has 9 heteroatoms. The van der Waals surface area contributed by atoms with E-state index in [1.807, 2.05) is 0 Å². The third-order valence-electron chi connectivity index (χ3n) is 3.24. The Morgan fingerprint density at radius 2 is 1.81 bits per heavy atom. The fourth-order valence-electron chi connectivity index (χ4n) is 2.13. The molecule has 0 heterocycles. The van der Waals surface area contributed by atoms with E-state index >= 15 is 0 Å². The van der Waals surface area contributed by atoms with Crippen molar-refractivity contribution in [3.63, 3.8) is 0 Å². The van der Waals surface area contributed by atoms with Gasteiger partial charge in [0.2, 0.25) is 0 Å². The summed E-state index contributed by atoms with van der Waals surface area (Å²) >= 11 is 5.85. The van der Waals surface area contributed by atoms with Crippen molar-refractivity contribution in [1.82, 2.24) is 5.32 Å². The zero-order chi connectivity index (χ0) is 20.0. The van der Waals surface area contributed by atoms with Crippen LogP contribution in [-0.2, 0) is 19.6 Å². The van der Waals surface area contributed by atoms with Gasteiger partial charge in [-0.1, -0.05) is 23.7 Å². The SMILES string of the molecule is CC(C)OC(=O)CNC(=O)c1cccc(S(=O)(=O)Nc2cccc(Cl)c2)c1. The van der Waals surface area contributed by atoms with Crippen LogP contribution in [0.5, 0.6) is 0 Å². The summed E-state index contributed by atoms with van der Waals surface area (Å²) in [4.78, 5) is 23.6. The number of rotatable bonds is 7. The number of ether oxygens (including phenoxy) is 1. The predicted molar refractivity (Wildman–Crippen MR) is 102 cm³/mol. The van der Waals surface area contributed by atoms with Crippen LogP contribution in [0.2, 0.25) is 5.02 Å². The molecule has 0 saturated heterocycles. The average Bonchev–Trinajstić information content (AvgIpc) is 2.59. The van der Waals surface area contributed by atoms with Crippen LogP contribution in [0.3, 0.4) is 0 Å². The molecule has 0 aliphatic heterocycles. The quantitative estimate of drug-likeness (QED) is 0.683. The van der Waals surface area contributed by atoms with E-state index in [2.05, 4.69) is 10.0 Å². The second kappa shape index (κ2) is 8.88. The highest BCUT2D eigenvalue weighted by Crippen LogP contribution is 2.20. The van der Waals surface area contributed by atoms with E-state index in [9.17, 15) is 18.0 Å². The lowest BCUT2D eigenvalue weighted by molar-refractivity contribution is -0.146. The summed E-state index contributed by atoms with van der Waals surface area (Å²) in [6.45, 7) is 3.08. The Hall–Kier alpha value is -2.58. The number of sulfonamides is 1. The minimum atomic E-state index is -3.91. The maximum Gasteiger partial charge on any atom is 0.325 e. The Kier molecular flexibility index (Phi) is 6.81. The molecular weight excluding hydrogens is 392 g/mol. The molecule has 0 spiro atoms. The minimum Gasteiger partial charge on any atom is -0.462 e. The summed E-state index contributed by atoms with van der Waals surface area (Å²) in [6, 6.07) is 11.7. The monoisotopic (exact) mass is 410 g/mol. The molecule has 0 aliphatic rings. The Bertz CT molecular complexity index is 944. The molecular formula is C18H19ClN2O5S. The van der Waals surface area contributed by atoms with Gasteiger partial charge >= 0.3 is 5.97 Å². The van der Waals surface area contributed by atoms with Gasteiger partial charge in [0, 0.05) is 10.6 Å². The molecule has 2 aromatic carbocycles. The molecule has 27 heavy (non-hydrogen) atoms. The number of amides is 1. The zero-order valence-corrected chi connectivity index (χ0v) is 16.3. The molecule has 2 rings (SSSR count). The molecule has 2 aromatic rings. The van der Waals surface area contributed by atoms with Crippen molar-refractivity contribution in [2.75, 3.05) is 11.3 Å². The van der Waals surface area contributed by atoms with Gasteiger partial charge in [0.15, 0.2) is 0 Å². The molecule has 7 nitrogen and oxygen atoms in total. The highest BCUT2D eigenvalue weighted by atomic mass is 35.5. The molecule has 0 atom stereocenters. The summed E-state index contributed by atoms with van der Waals surface area (Å²) in [6.07, 6.45) is -0.291. The Morgan fingerprint density at radius 3 is 2.48 bits per heavy atom. The number of benzene rings is 2. The summed E-state index contributed by atoms with van der Waals surface area (Å²) in [5, 5.41) is 2.78. The molecule has 0 radical (unpaired) electrons. The first-order chi connectivity index (χ1) is 12.7. The summed E-state index contributed by atoms with van der Waals surface area (Å²) < 4.78 is 32.3. The normalized spacial score (nSPS) is 11.1. The van der Waals surface area contributed by atoms with Crippen molar-refractivity contribution in [1.29, 1.82) is 0 Å². The average molecular weight is 411 g/mol. The minimum absolute atomic E-state index is 0.0973. The van der Waals surface area contributed by atoms with Crippen LogP contribution in [0.4, 0.5) is 5.69 Å². The molecule has 1 amide bonds. The van der Waals surface area contributed by atoms with Crippen LogP contribution in [0.1, 0.15) is 24.2 Å². The summed E-state index contributed by atoms with van der Waals surface area (Å²) in [7, 11) is -3.91. The Labute approximate surface area is 162 Å². The number of hydrogen-bond acceptors (Lipinski definition) is 5. The van der Waals surface area contributed by atoms with Gasteiger partial charge in [0.25, 0.3) is 15.9 Å². The lowest BCUT2D eigenvalue weighted by Crippen LogP contribution is -2.31. The molecule has 0 saturated carbocycles. The number of carbonyl (C=O) groups is 2. The number of anilines is 1. The molecule has 0 unspecified atom stereocenters. The van der Waals surface area contributed by atoms with E-state index in [0.717, 1.165) is 0 Å². The van der Waals surface area contributed by atoms with Crippen LogP contribution < -0.4 is 10.0 Å². The first-order valence-corrected chi connectivity index (χ1v) is 9.89. The number of hydrogen-bond donors (Lipinski definition) is 2. The third kappa shape index (κ3) is 6.26. The van der Waals surface area contributed by atoms with Crippen LogP contribution in [0.25, 0.3) is 0 Å². The maximum atomic E-state index is 12.5. The fourth-order valence-corrected chi connectivity index (χ4v) is 3.41. The van der Waals surface area contributed by atoms with Crippen LogP contribution in [0, 0.1) is 0 Å². The van der Waals surface area contributed by atoms with Gasteiger partial charge < -0.3 is 10.1 Å². The van der Waals surface area contributed by atoms with Gasteiger partial charge in [-0.25, -0.2) is 8.42 Å². The van der Waals surface area contributed by atoms with E-state index in [-0.39, 0.29) is 23.1 Å². The maximum absolute atomic E-state index is 12.5. The van der Waals surface area contributed by atoms with Crippen LogP contribution in [-0.4, -0.2) is 32.9 Å². The van der Waals surface area contributed by atoms with Gasteiger partial charge in [-0.3, -0.25) is 14.3 Å². The first kappa shape index (κ1) is 20.7. The number of nitrogens with one attached hydrogen (secondary N) is 2. The predicted octanol–water partition coefficient (Wildman–Crippen LogP) is 2.82. The lowest BCUT2D eigenvalue weighted by atomic mass is 10.2. The van der Waals surface area contributed by atoms with E-state index in [1.165, 1.54) is 30.3 Å².